The van der Waals surface area contributed by atoms with Gasteiger partial charge in [0, 0.05) is 25.9 Å². The van der Waals surface area contributed by atoms with E-state index in [4.69, 9.17) is 4.74 Å². The molecule has 0 bridgehead atoms. The van der Waals surface area contributed by atoms with E-state index in [0.29, 0.717) is 25.9 Å². The molecule has 5 amide bonds. The van der Waals surface area contributed by atoms with Gasteiger partial charge in [0.1, 0.15) is 12.1 Å². The molecule has 3 aromatic carbocycles. The lowest BCUT2D eigenvalue weighted by molar-refractivity contribution is -0.167. The maximum Gasteiger partial charge on any atom is 0.328 e. The third kappa shape index (κ3) is 12.8. The Bertz CT molecular complexity index is 1930. The van der Waals surface area contributed by atoms with E-state index in [1.54, 1.807) is 19.1 Å². The zero-order chi connectivity index (χ0) is 43.0. The van der Waals surface area contributed by atoms with Crippen molar-refractivity contribution in [2.75, 3.05) is 20.2 Å². The minimum Gasteiger partial charge on any atom is -0.467 e. The predicted molar refractivity (Wildman–Crippen MR) is 225 cm³/mol. The summed E-state index contributed by atoms with van der Waals surface area (Å²) in [5, 5.41) is 26.2. The Labute approximate surface area is 352 Å². The van der Waals surface area contributed by atoms with Gasteiger partial charge in [0.15, 0.2) is 0 Å². The summed E-state index contributed by atoms with van der Waals surface area (Å²) in [5.74, 6) is -3.58. The first-order valence-electron chi connectivity index (χ1n) is 20.7. The van der Waals surface area contributed by atoms with Crippen LogP contribution in [0, 0.1) is 11.8 Å². The van der Waals surface area contributed by atoms with Crippen LogP contribution in [0.2, 0.25) is 0 Å². The molecular weight excluding hydrogens is 765 g/mol. The van der Waals surface area contributed by atoms with E-state index in [0.717, 1.165) is 16.7 Å². The van der Waals surface area contributed by atoms with Gasteiger partial charge in [-0.1, -0.05) is 123 Å². The SMILES string of the molecule is CC[C@H](C)[C@H](NC(=O)C[C@H](O)[C@H](Cc1ccccc1)NC(=O)CC1C=CCN2C(=O)CCC(CNCc3ccccc3)C(=O)N12)C(=O)N[C@@H](Cc1ccccc1)C(=O)OC. The number of aliphatic hydroxyl groups is 1. The van der Waals surface area contributed by atoms with Crippen LogP contribution in [0.15, 0.2) is 103 Å². The van der Waals surface area contributed by atoms with Gasteiger partial charge in [-0.25, -0.2) is 14.8 Å². The second-order valence-electron chi connectivity index (χ2n) is 15.6. The lowest BCUT2D eigenvalue weighted by Crippen LogP contribution is -2.58. The lowest BCUT2D eigenvalue weighted by atomic mass is 9.95. The summed E-state index contributed by atoms with van der Waals surface area (Å²) in [4.78, 5) is 81.1. The number of fused-ring (bicyclic) bond motifs is 1. The fourth-order valence-corrected chi connectivity index (χ4v) is 7.56. The number of nitrogens with zero attached hydrogens (tertiary/aromatic N) is 2. The summed E-state index contributed by atoms with van der Waals surface area (Å²) in [6.07, 6.45) is 2.96. The van der Waals surface area contributed by atoms with Crippen LogP contribution in [0.25, 0.3) is 0 Å². The van der Waals surface area contributed by atoms with Crippen molar-refractivity contribution in [3.8, 4) is 0 Å². The van der Waals surface area contributed by atoms with Gasteiger partial charge in [0.25, 0.3) is 0 Å². The number of nitrogens with one attached hydrogen (secondary N) is 4. The highest BCUT2D eigenvalue weighted by molar-refractivity contribution is 5.91. The standard InChI is InChI=1S/C46H58N6O8/c1-4-31(2)43(44(57)49-38(46(59)60-3)26-33-17-10-6-11-18-33)50-41(55)28-39(53)37(25-32-15-8-5-9-16-32)48-40(54)27-36-21-14-24-51-42(56)23-22-35(45(58)52(36)51)30-47-29-34-19-12-7-13-20-34/h5-21,31,35-39,43,47,53H,4,22-30H2,1-3H3,(H,48,54)(H,49,57)(H,50,55)/t31-,35?,36?,37-,38-,39-,43-/m0/s1. The number of hydrazine groups is 1. The number of amides is 5. The van der Waals surface area contributed by atoms with E-state index in [9.17, 15) is 33.9 Å². The van der Waals surface area contributed by atoms with Crippen molar-refractivity contribution in [1.82, 2.24) is 31.3 Å². The average Bonchev–Trinajstić information content (AvgIpc) is 3.37. The van der Waals surface area contributed by atoms with Gasteiger partial charge < -0.3 is 31.1 Å². The van der Waals surface area contributed by atoms with Crippen molar-refractivity contribution in [2.24, 2.45) is 11.8 Å². The monoisotopic (exact) mass is 822 g/mol. The molecule has 3 aromatic rings. The molecule has 0 saturated carbocycles. The summed E-state index contributed by atoms with van der Waals surface area (Å²) in [6.45, 7) is 4.81. The van der Waals surface area contributed by atoms with Gasteiger partial charge in [-0.05, 0) is 35.4 Å². The Hall–Kier alpha value is -5.86. The Morgan fingerprint density at radius 2 is 1.45 bits per heavy atom. The Kier molecular flexibility index (Phi) is 17.0. The molecule has 5 rings (SSSR count). The normalized spacial score (nSPS) is 18.9. The highest BCUT2D eigenvalue weighted by Crippen LogP contribution is 2.26. The molecule has 14 nitrogen and oxygen atoms in total. The van der Waals surface area contributed by atoms with Gasteiger partial charge in [-0.15, -0.1) is 0 Å². The molecule has 320 valence electrons. The number of aliphatic hydroxyl groups excluding tert-OH is 1. The molecule has 1 saturated heterocycles. The van der Waals surface area contributed by atoms with Crippen LogP contribution in [0.4, 0.5) is 0 Å². The smallest absolute Gasteiger partial charge is 0.328 e. The number of rotatable bonds is 20. The van der Waals surface area contributed by atoms with Crippen molar-refractivity contribution in [1.29, 1.82) is 0 Å². The van der Waals surface area contributed by atoms with Crippen molar-refractivity contribution >= 4 is 35.5 Å². The van der Waals surface area contributed by atoms with E-state index < -0.39 is 66.3 Å². The van der Waals surface area contributed by atoms with E-state index in [-0.39, 0.29) is 50.0 Å². The summed E-state index contributed by atoms with van der Waals surface area (Å²) in [7, 11) is 1.24. The number of benzene rings is 3. The molecule has 2 aliphatic heterocycles. The fraction of sp³-hybridized carbons (Fsp3) is 0.435. The summed E-state index contributed by atoms with van der Waals surface area (Å²) in [5.41, 5.74) is 2.68. The van der Waals surface area contributed by atoms with Crippen molar-refractivity contribution in [3.05, 3.63) is 120 Å². The quantitative estimate of drug-likeness (QED) is 0.0845. The number of methoxy groups -OCH3 is 1. The van der Waals surface area contributed by atoms with Gasteiger partial charge in [-0.3, -0.25) is 24.0 Å². The van der Waals surface area contributed by atoms with Crippen molar-refractivity contribution in [3.63, 3.8) is 0 Å². The largest absolute Gasteiger partial charge is 0.467 e. The van der Waals surface area contributed by atoms with Crippen LogP contribution in [-0.4, -0.2) is 101 Å². The first-order chi connectivity index (χ1) is 29.0. The molecule has 2 heterocycles. The number of hydrogen-bond acceptors (Lipinski definition) is 9. The van der Waals surface area contributed by atoms with Gasteiger partial charge in [0.2, 0.25) is 29.5 Å². The molecule has 2 unspecified atom stereocenters. The van der Waals surface area contributed by atoms with E-state index in [1.165, 1.54) is 17.1 Å². The maximum atomic E-state index is 14.0. The minimum absolute atomic E-state index is 0.180. The van der Waals surface area contributed by atoms with Crippen LogP contribution in [0.5, 0.6) is 0 Å². The molecule has 60 heavy (non-hydrogen) atoms. The fourth-order valence-electron chi connectivity index (χ4n) is 7.56. The first-order valence-corrected chi connectivity index (χ1v) is 20.7. The number of carbonyl (C=O) groups is 6. The first kappa shape index (κ1) is 45.2. The third-order valence-corrected chi connectivity index (χ3v) is 11.1. The molecule has 0 aromatic heterocycles. The van der Waals surface area contributed by atoms with Crippen LogP contribution in [-0.2, 0) is 52.9 Å². The number of ether oxygens (including phenoxy) is 1. The second-order valence-corrected chi connectivity index (χ2v) is 15.6. The molecule has 0 radical (unpaired) electrons. The zero-order valence-corrected chi connectivity index (χ0v) is 34.6. The zero-order valence-electron chi connectivity index (χ0n) is 34.6. The highest BCUT2D eigenvalue weighted by Gasteiger charge is 2.41. The van der Waals surface area contributed by atoms with E-state index in [2.05, 4.69) is 21.3 Å². The molecule has 1 fully saturated rings. The molecule has 0 spiro atoms. The van der Waals surface area contributed by atoms with Crippen LogP contribution < -0.4 is 21.3 Å². The molecular formula is C46H58N6O8. The lowest BCUT2D eigenvalue weighted by Gasteiger charge is -2.41. The molecule has 0 aliphatic carbocycles. The van der Waals surface area contributed by atoms with Crippen molar-refractivity contribution < 1.29 is 38.6 Å². The molecule has 7 atom stereocenters. The van der Waals surface area contributed by atoms with Gasteiger partial charge in [-0.2, -0.15) is 0 Å². The Morgan fingerprint density at radius 1 is 0.833 bits per heavy atom. The van der Waals surface area contributed by atoms with E-state index >= 15 is 0 Å². The molecule has 14 heteroatoms. The third-order valence-electron chi connectivity index (χ3n) is 11.1. The van der Waals surface area contributed by atoms with Crippen LogP contribution in [0.1, 0.15) is 62.6 Å². The highest BCUT2D eigenvalue weighted by atomic mass is 16.5. The average molecular weight is 823 g/mol. The van der Waals surface area contributed by atoms with Crippen LogP contribution in [0.3, 0.4) is 0 Å². The number of esters is 1. The summed E-state index contributed by atoms with van der Waals surface area (Å²) >= 11 is 0. The second kappa shape index (κ2) is 22.5. The maximum absolute atomic E-state index is 14.0. The summed E-state index contributed by atoms with van der Waals surface area (Å²) < 4.78 is 4.96. The number of carbonyl (C=O) groups excluding carboxylic acids is 6. The summed E-state index contributed by atoms with van der Waals surface area (Å²) in [6, 6.07) is 24.4. The predicted octanol–water partition coefficient (Wildman–Crippen LogP) is 3.00. The Morgan fingerprint density at radius 3 is 2.07 bits per heavy atom. The molecule has 5 N–H and O–H groups in total. The molecule has 2 aliphatic rings. The van der Waals surface area contributed by atoms with Gasteiger partial charge >= 0.3 is 5.97 Å². The Balaban J connectivity index is 1.25. The van der Waals surface area contributed by atoms with Gasteiger partial charge in [0.05, 0.1) is 50.6 Å². The van der Waals surface area contributed by atoms with Crippen molar-refractivity contribution in [2.45, 2.75) is 95.6 Å². The topological polar surface area (TPSA) is 186 Å². The van der Waals surface area contributed by atoms with E-state index in [1.807, 2.05) is 97.9 Å². The minimum atomic E-state index is -1.38. The number of hydrogen-bond donors (Lipinski definition) is 5. The van der Waals surface area contributed by atoms with Crippen LogP contribution >= 0.6 is 0 Å².